The zero-order valence-electron chi connectivity index (χ0n) is 9.36. The van der Waals surface area contributed by atoms with Gasteiger partial charge in [-0.05, 0) is 5.25 Å². The lowest BCUT2D eigenvalue weighted by Gasteiger charge is -2.11. The van der Waals surface area contributed by atoms with Gasteiger partial charge in [0.25, 0.3) is 0 Å². The normalized spacial score (nSPS) is 14.3. The lowest BCUT2D eigenvalue weighted by molar-refractivity contribution is -0.204. The van der Waals surface area contributed by atoms with Crippen molar-refractivity contribution in [1.82, 2.24) is 10.1 Å². The Morgan fingerprint density at radius 2 is 2.06 bits per heavy atom. The number of alkyl halides is 3. The first-order valence-electron chi connectivity index (χ1n) is 4.97. The van der Waals surface area contributed by atoms with Gasteiger partial charge in [-0.3, -0.25) is 0 Å². The molecule has 0 amide bonds. The molecule has 98 valence electrons. The maximum atomic E-state index is 12.1. The maximum absolute atomic E-state index is 12.1. The third kappa shape index (κ3) is 4.95. The monoisotopic (exact) mass is 270 g/mol. The lowest BCUT2D eigenvalue weighted by atomic mass is 10.2. The van der Waals surface area contributed by atoms with Gasteiger partial charge >= 0.3 is 6.18 Å². The van der Waals surface area contributed by atoms with E-state index in [4.69, 9.17) is 5.11 Å². The Kier molecular flexibility index (Phi) is 4.81. The summed E-state index contributed by atoms with van der Waals surface area (Å²) in [5, 5.41) is 12.7. The summed E-state index contributed by atoms with van der Waals surface area (Å²) in [4.78, 5) is 3.78. The van der Waals surface area contributed by atoms with E-state index < -0.39 is 18.7 Å². The van der Waals surface area contributed by atoms with E-state index in [1.165, 1.54) is 0 Å². The molecule has 0 saturated carbocycles. The molecular weight excluding hydrogens is 257 g/mol. The molecule has 1 heterocycles. The fourth-order valence-corrected chi connectivity index (χ4v) is 1.55. The summed E-state index contributed by atoms with van der Waals surface area (Å²) in [6.07, 6.45) is -7.84. The van der Waals surface area contributed by atoms with Crippen LogP contribution in [0.3, 0.4) is 0 Å². The van der Waals surface area contributed by atoms with Crippen LogP contribution >= 0.6 is 11.8 Å². The molecule has 0 aliphatic carbocycles. The minimum absolute atomic E-state index is 0.200. The highest BCUT2D eigenvalue weighted by Gasteiger charge is 2.39. The number of hydrogen-bond donors (Lipinski definition) is 1. The molecule has 17 heavy (non-hydrogen) atoms. The SMILES string of the molecule is CC(C)SCc1noc(CC(O)C(F)(F)F)n1. The highest BCUT2D eigenvalue weighted by molar-refractivity contribution is 7.99. The molecule has 0 spiro atoms. The van der Waals surface area contributed by atoms with Crippen molar-refractivity contribution >= 4 is 11.8 Å². The molecule has 8 heteroatoms. The van der Waals surface area contributed by atoms with Crippen LogP contribution in [0.5, 0.6) is 0 Å². The summed E-state index contributed by atoms with van der Waals surface area (Å²) >= 11 is 1.55. The zero-order valence-corrected chi connectivity index (χ0v) is 10.2. The van der Waals surface area contributed by atoms with E-state index in [9.17, 15) is 13.2 Å². The van der Waals surface area contributed by atoms with Crippen LogP contribution < -0.4 is 0 Å². The zero-order chi connectivity index (χ0) is 13.1. The Labute approximate surface area is 101 Å². The van der Waals surface area contributed by atoms with E-state index in [-0.39, 0.29) is 5.89 Å². The Balaban J connectivity index is 2.51. The Bertz CT molecular complexity index is 354. The van der Waals surface area contributed by atoms with Crippen LogP contribution in [0.15, 0.2) is 4.52 Å². The molecule has 0 aliphatic rings. The van der Waals surface area contributed by atoms with Gasteiger partial charge in [-0.25, -0.2) is 0 Å². The first-order chi connectivity index (χ1) is 7.79. The van der Waals surface area contributed by atoms with Crippen molar-refractivity contribution in [2.75, 3.05) is 0 Å². The second-order valence-corrected chi connectivity index (χ2v) is 5.29. The van der Waals surface area contributed by atoms with E-state index >= 15 is 0 Å². The second-order valence-electron chi connectivity index (χ2n) is 3.73. The molecule has 4 nitrogen and oxygen atoms in total. The summed E-state index contributed by atoms with van der Waals surface area (Å²) in [7, 11) is 0. The van der Waals surface area contributed by atoms with Crippen molar-refractivity contribution in [3.63, 3.8) is 0 Å². The van der Waals surface area contributed by atoms with E-state index in [1.54, 1.807) is 11.8 Å². The number of hydrogen-bond acceptors (Lipinski definition) is 5. The third-order valence-corrected chi connectivity index (χ3v) is 2.89. The summed E-state index contributed by atoms with van der Waals surface area (Å²) in [5.41, 5.74) is 0. The highest BCUT2D eigenvalue weighted by atomic mass is 32.2. The van der Waals surface area contributed by atoms with Gasteiger partial charge in [0.15, 0.2) is 11.9 Å². The molecule has 1 atom stereocenters. The molecule has 1 N–H and O–H groups in total. The third-order valence-electron chi connectivity index (χ3n) is 1.80. The second kappa shape index (κ2) is 5.72. The number of aromatic nitrogens is 2. The molecule has 0 aromatic carbocycles. The highest BCUT2D eigenvalue weighted by Crippen LogP contribution is 2.23. The molecule has 0 bridgehead atoms. The molecule has 1 aromatic rings. The van der Waals surface area contributed by atoms with Gasteiger partial charge in [-0.15, -0.1) is 0 Å². The predicted octanol–water partition coefficient (Wildman–Crippen LogP) is 2.18. The standard InChI is InChI=1S/C9H13F3N2O2S/c1-5(2)17-4-7-13-8(16-14-7)3-6(15)9(10,11)12/h5-6,15H,3-4H2,1-2H3. The largest absolute Gasteiger partial charge is 0.414 e. The number of halogens is 3. The summed E-state index contributed by atoms with van der Waals surface area (Å²) in [6.45, 7) is 3.97. The lowest BCUT2D eigenvalue weighted by Crippen LogP contribution is -2.30. The van der Waals surface area contributed by atoms with Crippen molar-refractivity contribution in [1.29, 1.82) is 0 Å². The van der Waals surface area contributed by atoms with Crippen LogP contribution in [0.2, 0.25) is 0 Å². The Hall–Kier alpha value is -0.760. The van der Waals surface area contributed by atoms with Crippen LogP contribution in [0.1, 0.15) is 25.6 Å². The van der Waals surface area contributed by atoms with Crippen LogP contribution in [0, 0.1) is 0 Å². The van der Waals surface area contributed by atoms with E-state index in [0.717, 1.165) is 0 Å². The summed E-state index contributed by atoms with van der Waals surface area (Å²) < 4.78 is 40.8. The molecule has 0 fully saturated rings. The van der Waals surface area contributed by atoms with Crippen molar-refractivity contribution in [3.8, 4) is 0 Å². The molecular formula is C9H13F3N2O2S. The average Bonchev–Trinajstić information content (AvgIpc) is 2.61. The molecule has 0 radical (unpaired) electrons. The summed E-state index contributed by atoms with van der Waals surface area (Å²) in [5.74, 6) is 0.616. The fourth-order valence-electron chi connectivity index (χ4n) is 0.954. The predicted molar refractivity (Wildman–Crippen MR) is 56.5 cm³/mol. The van der Waals surface area contributed by atoms with Gasteiger partial charge in [-0.2, -0.15) is 29.9 Å². The smallest absolute Gasteiger partial charge is 0.383 e. The molecule has 1 aromatic heterocycles. The number of aliphatic hydroxyl groups excluding tert-OH is 1. The van der Waals surface area contributed by atoms with Crippen molar-refractivity contribution in [2.24, 2.45) is 0 Å². The van der Waals surface area contributed by atoms with Crippen molar-refractivity contribution < 1.29 is 22.8 Å². The van der Waals surface area contributed by atoms with Gasteiger partial charge in [-0.1, -0.05) is 19.0 Å². The molecule has 1 unspecified atom stereocenters. The first-order valence-corrected chi connectivity index (χ1v) is 6.01. The van der Waals surface area contributed by atoms with Gasteiger partial charge in [0.05, 0.1) is 12.2 Å². The Morgan fingerprint density at radius 1 is 1.41 bits per heavy atom. The molecule has 1 rings (SSSR count). The number of thioether (sulfide) groups is 1. The van der Waals surface area contributed by atoms with Crippen LogP contribution in [-0.4, -0.2) is 32.8 Å². The van der Waals surface area contributed by atoms with Crippen molar-refractivity contribution in [3.05, 3.63) is 11.7 Å². The van der Waals surface area contributed by atoms with Gasteiger partial charge < -0.3 is 9.63 Å². The van der Waals surface area contributed by atoms with Crippen LogP contribution in [-0.2, 0) is 12.2 Å². The first kappa shape index (κ1) is 14.3. The quantitative estimate of drug-likeness (QED) is 0.888. The molecule has 0 aliphatic heterocycles. The number of aliphatic hydroxyl groups is 1. The number of rotatable bonds is 5. The van der Waals surface area contributed by atoms with Crippen molar-refractivity contribution in [2.45, 2.75) is 43.6 Å². The van der Waals surface area contributed by atoms with E-state index in [2.05, 4.69) is 14.7 Å². The maximum Gasteiger partial charge on any atom is 0.414 e. The van der Waals surface area contributed by atoms with Gasteiger partial charge in [0.1, 0.15) is 0 Å². The fraction of sp³-hybridized carbons (Fsp3) is 0.778. The van der Waals surface area contributed by atoms with Gasteiger partial charge in [0, 0.05) is 0 Å². The van der Waals surface area contributed by atoms with Gasteiger partial charge in [0.2, 0.25) is 5.89 Å². The topological polar surface area (TPSA) is 59.2 Å². The molecule has 0 saturated heterocycles. The number of nitrogens with zero attached hydrogens (tertiary/aromatic N) is 2. The van der Waals surface area contributed by atoms with Crippen LogP contribution in [0.4, 0.5) is 13.2 Å². The minimum atomic E-state index is -4.67. The Morgan fingerprint density at radius 3 is 2.59 bits per heavy atom. The average molecular weight is 270 g/mol. The van der Waals surface area contributed by atoms with Crippen LogP contribution in [0.25, 0.3) is 0 Å². The van der Waals surface area contributed by atoms with E-state index in [1.807, 2.05) is 13.8 Å². The summed E-state index contributed by atoms with van der Waals surface area (Å²) in [6, 6.07) is 0. The van der Waals surface area contributed by atoms with E-state index in [0.29, 0.717) is 16.8 Å². The minimum Gasteiger partial charge on any atom is -0.383 e.